The minimum Gasteiger partial charge on any atom is -0.392 e. The molecule has 1 amide bonds. The van der Waals surface area contributed by atoms with Crippen LogP contribution in [0.2, 0.25) is 0 Å². The molecule has 84 valence electrons. The summed E-state index contributed by atoms with van der Waals surface area (Å²) >= 11 is 0. The fourth-order valence-electron chi connectivity index (χ4n) is 1.54. The van der Waals surface area contributed by atoms with Gasteiger partial charge in [0.2, 0.25) is 5.91 Å². The molecule has 0 radical (unpaired) electrons. The van der Waals surface area contributed by atoms with Crippen LogP contribution < -0.4 is 10.6 Å². The van der Waals surface area contributed by atoms with Crippen LogP contribution in [0.3, 0.4) is 0 Å². The third-order valence-electron chi connectivity index (χ3n) is 2.43. The summed E-state index contributed by atoms with van der Waals surface area (Å²) in [7, 11) is 0. The Morgan fingerprint density at radius 2 is 2.29 bits per heavy atom. The van der Waals surface area contributed by atoms with Crippen molar-refractivity contribution in [3.63, 3.8) is 0 Å². The van der Waals surface area contributed by atoms with E-state index in [9.17, 15) is 4.79 Å². The van der Waals surface area contributed by atoms with Gasteiger partial charge in [-0.3, -0.25) is 4.79 Å². The first-order valence-electron chi connectivity index (χ1n) is 4.77. The molecule has 1 heterocycles. The molecule has 1 aliphatic rings. The number of aliphatic hydroxyl groups is 1. The van der Waals surface area contributed by atoms with Crippen LogP contribution in [0.15, 0.2) is 0 Å². The van der Waals surface area contributed by atoms with E-state index in [1.54, 1.807) is 6.92 Å². The van der Waals surface area contributed by atoms with Crippen molar-refractivity contribution in [2.24, 2.45) is 11.8 Å². The second-order valence-electron chi connectivity index (χ2n) is 3.84. The van der Waals surface area contributed by atoms with Crippen molar-refractivity contribution >= 4 is 18.3 Å². The van der Waals surface area contributed by atoms with Gasteiger partial charge in [-0.15, -0.1) is 12.4 Å². The Hall–Kier alpha value is -0.320. The van der Waals surface area contributed by atoms with Crippen molar-refractivity contribution in [2.45, 2.75) is 20.0 Å². The van der Waals surface area contributed by atoms with E-state index in [0.717, 1.165) is 13.1 Å². The lowest BCUT2D eigenvalue weighted by atomic mass is 9.97. The van der Waals surface area contributed by atoms with E-state index in [-0.39, 0.29) is 24.2 Å². The average molecular weight is 223 g/mol. The standard InChI is InChI=1S/C9H18N2O2.ClH/c1-6-3-10-5-8(6)9(13)11-4-7(2)12;/h6-8,10,12H,3-5H2,1-2H3,(H,11,13);1H/t6-,7+,8-;/m1./s1. The first-order valence-corrected chi connectivity index (χ1v) is 4.77. The third kappa shape index (κ3) is 3.82. The highest BCUT2D eigenvalue weighted by Gasteiger charge is 2.29. The smallest absolute Gasteiger partial charge is 0.224 e. The molecular weight excluding hydrogens is 204 g/mol. The summed E-state index contributed by atoms with van der Waals surface area (Å²) in [5.74, 6) is 0.520. The molecule has 0 aromatic heterocycles. The summed E-state index contributed by atoms with van der Waals surface area (Å²) in [4.78, 5) is 11.5. The summed E-state index contributed by atoms with van der Waals surface area (Å²) < 4.78 is 0. The SMILES string of the molecule is C[C@H](O)CNC(=O)[C@@H]1CNC[C@H]1C.Cl. The molecule has 1 saturated heterocycles. The molecule has 3 N–H and O–H groups in total. The lowest BCUT2D eigenvalue weighted by Gasteiger charge is -2.14. The molecule has 1 rings (SSSR count). The Labute approximate surface area is 90.9 Å². The van der Waals surface area contributed by atoms with E-state index < -0.39 is 6.10 Å². The number of carbonyl (C=O) groups excluding carboxylic acids is 1. The van der Waals surface area contributed by atoms with Gasteiger partial charge in [0.05, 0.1) is 12.0 Å². The zero-order valence-electron chi connectivity index (χ0n) is 8.62. The minimum atomic E-state index is -0.464. The Morgan fingerprint density at radius 3 is 2.71 bits per heavy atom. The van der Waals surface area contributed by atoms with Crippen molar-refractivity contribution in [2.75, 3.05) is 19.6 Å². The van der Waals surface area contributed by atoms with Crippen LogP contribution in [0.25, 0.3) is 0 Å². The van der Waals surface area contributed by atoms with E-state index in [1.807, 2.05) is 0 Å². The fraction of sp³-hybridized carbons (Fsp3) is 0.889. The van der Waals surface area contributed by atoms with Crippen molar-refractivity contribution < 1.29 is 9.90 Å². The zero-order valence-corrected chi connectivity index (χ0v) is 9.43. The highest BCUT2D eigenvalue weighted by molar-refractivity contribution is 5.85. The van der Waals surface area contributed by atoms with Crippen LogP contribution in [-0.2, 0) is 4.79 Å². The van der Waals surface area contributed by atoms with E-state index in [1.165, 1.54) is 0 Å². The van der Waals surface area contributed by atoms with Gasteiger partial charge in [-0.1, -0.05) is 6.92 Å². The zero-order chi connectivity index (χ0) is 9.84. The lowest BCUT2D eigenvalue weighted by molar-refractivity contribution is -0.125. The molecule has 0 aliphatic carbocycles. The van der Waals surface area contributed by atoms with Crippen LogP contribution in [0, 0.1) is 11.8 Å². The minimum absolute atomic E-state index is 0. The second kappa shape index (κ2) is 6.22. The second-order valence-corrected chi connectivity index (χ2v) is 3.84. The number of carbonyl (C=O) groups is 1. The van der Waals surface area contributed by atoms with Gasteiger partial charge >= 0.3 is 0 Å². The number of nitrogens with one attached hydrogen (secondary N) is 2. The number of rotatable bonds is 3. The number of halogens is 1. The summed E-state index contributed by atoms with van der Waals surface area (Å²) in [6.07, 6.45) is -0.464. The van der Waals surface area contributed by atoms with Crippen molar-refractivity contribution in [3.8, 4) is 0 Å². The molecule has 5 heteroatoms. The lowest BCUT2D eigenvalue weighted by Crippen LogP contribution is -2.37. The van der Waals surface area contributed by atoms with Crippen LogP contribution >= 0.6 is 12.4 Å². The van der Waals surface area contributed by atoms with Crippen LogP contribution in [0.1, 0.15) is 13.8 Å². The van der Waals surface area contributed by atoms with Crippen molar-refractivity contribution in [1.29, 1.82) is 0 Å². The fourth-order valence-corrected chi connectivity index (χ4v) is 1.54. The summed E-state index contributed by atoms with van der Waals surface area (Å²) in [5.41, 5.74) is 0. The Kier molecular flexibility index (Phi) is 6.08. The quantitative estimate of drug-likeness (QED) is 0.618. The Morgan fingerprint density at radius 1 is 1.64 bits per heavy atom. The molecule has 0 bridgehead atoms. The molecule has 0 saturated carbocycles. The highest BCUT2D eigenvalue weighted by atomic mass is 35.5. The monoisotopic (exact) mass is 222 g/mol. The van der Waals surface area contributed by atoms with Gasteiger partial charge in [0, 0.05) is 13.1 Å². The predicted octanol–water partition coefficient (Wildman–Crippen LogP) is -0.239. The number of amides is 1. The van der Waals surface area contributed by atoms with E-state index in [0.29, 0.717) is 12.5 Å². The third-order valence-corrected chi connectivity index (χ3v) is 2.43. The van der Waals surface area contributed by atoms with Crippen LogP contribution in [0.5, 0.6) is 0 Å². The molecular formula is C9H19ClN2O2. The molecule has 4 nitrogen and oxygen atoms in total. The average Bonchev–Trinajstić information content (AvgIpc) is 2.47. The van der Waals surface area contributed by atoms with Gasteiger partial charge in [0.1, 0.15) is 0 Å². The van der Waals surface area contributed by atoms with E-state index in [4.69, 9.17) is 5.11 Å². The maximum Gasteiger partial charge on any atom is 0.224 e. The molecule has 0 aromatic carbocycles. The van der Waals surface area contributed by atoms with Gasteiger partial charge in [-0.2, -0.15) is 0 Å². The van der Waals surface area contributed by atoms with Crippen molar-refractivity contribution in [3.05, 3.63) is 0 Å². The summed E-state index contributed by atoms with van der Waals surface area (Å²) in [6, 6.07) is 0. The molecule has 0 unspecified atom stereocenters. The normalized spacial score (nSPS) is 27.9. The van der Waals surface area contributed by atoms with Crippen LogP contribution in [-0.4, -0.2) is 36.8 Å². The maximum atomic E-state index is 11.5. The number of hydrogen-bond donors (Lipinski definition) is 3. The van der Waals surface area contributed by atoms with Crippen LogP contribution in [0.4, 0.5) is 0 Å². The van der Waals surface area contributed by atoms with Gasteiger partial charge in [-0.05, 0) is 19.4 Å². The van der Waals surface area contributed by atoms with Gasteiger partial charge in [0.25, 0.3) is 0 Å². The maximum absolute atomic E-state index is 11.5. The number of hydrogen-bond acceptors (Lipinski definition) is 3. The highest BCUT2D eigenvalue weighted by Crippen LogP contribution is 2.15. The molecule has 3 atom stereocenters. The molecule has 14 heavy (non-hydrogen) atoms. The topological polar surface area (TPSA) is 61.4 Å². The van der Waals surface area contributed by atoms with Gasteiger partial charge in [-0.25, -0.2) is 0 Å². The van der Waals surface area contributed by atoms with E-state index in [2.05, 4.69) is 17.6 Å². The van der Waals surface area contributed by atoms with E-state index >= 15 is 0 Å². The molecule has 1 fully saturated rings. The molecule has 0 spiro atoms. The van der Waals surface area contributed by atoms with Gasteiger partial charge < -0.3 is 15.7 Å². The molecule has 0 aromatic rings. The Balaban J connectivity index is 0.00000169. The first-order chi connectivity index (χ1) is 6.11. The Bertz CT molecular complexity index is 188. The first kappa shape index (κ1) is 13.7. The van der Waals surface area contributed by atoms with Crippen molar-refractivity contribution in [1.82, 2.24) is 10.6 Å². The number of aliphatic hydroxyl groups excluding tert-OH is 1. The summed E-state index contributed by atoms with van der Waals surface area (Å²) in [5, 5.41) is 14.9. The largest absolute Gasteiger partial charge is 0.392 e. The predicted molar refractivity (Wildman–Crippen MR) is 57.5 cm³/mol. The molecule has 1 aliphatic heterocycles. The van der Waals surface area contributed by atoms with Gasteiger partial charge in [0.15, 0.2) is 0 Å². The summed E-state index contributed by atoms with van der Waals surface area (Å²) in [6.45, 7) is 5.74.